The van der Waals surface area contributed by atoms with Gasteiger partial charge in [-0.1, -0.05) is 17.9 Å². The number of hydrogen-bond acceptors (Lipinski definition) is 4. The minimum atomic E-state index is -0.882. The Labute approximate surface area is 148 Å². The lowest BCUT2D eigenvalue weighted by molar-refractivity contribution is -0.0713. The third kappa shape index (κ3) is 3.44. The van der Waals surface area contributed by atoms with E-state index in [0.717, 1.165) is 48.4 Å². The molecule has 0 amide bonds. The quantitative estimate of drug-likeness (QED) is 0.856. The van der Waals surface area contributed by atoms with E-state index in [1.807, 2.05) is 31.3 Å². The summed E-state index contributed by atoms with van der Waals surface area (Å²) >= 11 is 0. The number of pyridine rings is 2. The first-order valence-electron chi connectivity index (χ1n) is 8.96. The van der Waals surface area contributed by atoms with Crippen LogP contribution in [0.5, 0.6) is 0 Å². The van der Waals surface area contributed by atoms with Crippen molar-refractivity contribution in [3.63, 3.8) is 0 Å². The molecule has 128 valence electrons. The average molecular weight is 333 g/mol. The SMILES string of the molecule is Cc1ccc(C#CC2(O)CN3CCC2CC3)c(Cc2cccnc2)n1. The predicted octanol–water partition coefficient (Wildman–Crippen LogP) is 2.18. The van der Waals surface area contributed by atoms with Gasteiger partial charge in [-0.3, -0.25) is 14.9 Å². The predicted molar refractivity (Wildman–Crippen MR) is 97.0 cm³/mol. The fraction of sp³-hybridized carbons (Fsp3) is 0.429. The molecule has 5 heterocycles. The van der Waals surface area contributed by atoms with Gasteiger partial charge in [-0.15, -0.1) is 0 Å². The van der Waals surface area contributed by atoms with Crippen molar-refractivity contribution in [3.8, 4) is 11.8 Å². The monoisotopic (exact) mass is 333 g/mol. The fourth-order valence-electron chi connectivity index (χ4n) is 3.91. The van der Waals surface area contributed by atoms with E-state index in [-0.39, 0.29) is 0 Å². The van der Waals surface area contributed by atoms with Crippen molar-refractivity contribution >= 4 is 0 Å². The smallest absolute Gasteiger partial charge is 0.141 e. The van der Waals surface area contributed by atoms with Gasteiger partial charge in [0.15, 0.2) is 0 Å². The van der Waals surface area contributed by atoms with Crippen LogP contribution in [0.15, 0.2) is 36.7 Å². The number of aromatic nitrogens is 2. The molecule has 3 aliphatic rings. The molecular formula is C21H23N3O. The van der Waals surface area contributed by atoms with Crippen LogP contribution in [0.1, 0.15) is 35.4 Å². The Morgan fingerprint density at radius 1 is 1.28 bits per heavy atom. The van der Waals surface area contributed by atoms with Crippen molar-refractivity contribution in [2.45, 2.75) is 31.8 Å². The maximum Gasteiger partial charge on any atom is 0.141 e. The lowest BCUT2D eigenvalue weighted by Gasteiger charge is -2.47. The highest BCUT2D eigenvalue weighted by Gasteiger charge is 2.44. The number of aryl methyl sites for hydroxylation is 1. The second-order valence-corrected chi connectivity index (χ2v) is 7.21. The van der Waals surface area contributed by atoms with Crippen LogP contribution in [0.3, 0.4) is 0 Å². The molecule has 0 spiro atoms. The average Bonchev–Trinajstić information content (AvgIpc) is 2.63. The largest absolute Gasteiger partial charge is 0.376 e. The van der Waals surface area contributed by atoms with Crippen LogP contribution in [-0.4, -0.2) is 45.2 Å². The lowest BCUT2D eigenvalue weighted by Crippen LogP contribution is -2.58. The van der Waals surface area contributed by atoms with Crippen LogP contribution >= 0.6 is 0 Å². The fourth-order valence-corrected chi connectivity index (χ4v) is 3.91. The Morgan fingerprint density at radius 3 is 2.80 bits per heavy atom. The van der Waals surface area contributed by atoms with Crippen LogP contribution in [-0.2, 0) is 6.42 Å². The molecule has 1 atom stereocenters. The summed E-state index contributed by atoms with van der Waals surface area (Å²) in [5, 5.41) is 11.0. The standard InChI is InChI=1S/C21H23N3O/c1-16-4-5-18(20(23-16)13-17-3-2-10-22-14-17)6-9-21(25)15-24-11-7-19(21)8-12-24/h2-5,10,14,19,25H,7-8,11-13,15H2,1H3. The normalized spacial score (nSPS) is 27.6. The van der Waals surface area contributed by atoms with E-state index in [9.17, 15) is 5.11 Å². The van der Waals surface area contributed by atoms with E-state index in [1.165, 1.54) is 0 Å². The topological polar surface area (TPSA) is 49.2 Å². The molecule has 0 aromatic carbocycles. The van der Waals surface area contributed by atoms with E-state index < -0.39 is 5.60 Å². The van der Waals surface area contributed by atoms with Crippen LogP contribution in [0.4, 0.5) is 0 Å². The molecule has 0 aliphatic carbocycles. The molecule has 1 unspecified atom stereocenters. The zero-order valence-electron chi connectivity index (χ0n) is 14.6. The van der Waals surface area contributed by atoms with Crippen molar-refractivity contribution in [2.24, 2.45) is 5.92 Å². The second kappa shape index (κ2) is 6.59. The molecular weight excluding hydrogens is 310 g/mol. The Morgan fingerprint density at radius 2 is 2.12 bits per heavy atom. The lowest BCUT2D eigenvalue weighted by atomic mass is 9.75. The van der Waals surface area contributed by atoms with Crippen molar-refractivity contribution in [3.05, 3.63) is 59.2 Å². The molecule has 3 fully saturated rings. The van der Waals surface area contributed by atoms with Gasteiger partial charge in [-0.25, -0.2) is 0 Å². The highest BCUT2D eigenvalue weighted by molar-refractivity contribution is 5.42. The number of piperidine rings is 3. The summed E-state index contributed by atoms with van der Waals surface area (Å²) < 4.78 is 0. The maximum absolute atomic E-state index is 11.0. The molecule has 5 rings (SSSR count). The third-order valence-corrected chi connectivity index (χ3v) is 5.35. The Hall–Kier alpha value is -2.22. The molecule has 0 radical (unpaired) electrons. The van der Waals surface area contributed by atoms with Crippen molar-refractivity contribution in [2.75, 3.05) is 19.6 Å². The molecule has 1 N–H and O–H groups in total. The summed E-state index contributed by atoms with van der Waals surface area (Å²) in [6.07, 6.45) is 6.42. The zero-order valence-corrected chi connectivity index (χ0v) is 14.6. The van der Waals surface area contributed by atoms with E-state index >= 15 is 0 Å². The van der Waals surface area contributed by atoms with Gasteiger partial charge in [-0.2, -0.15) is 0 Å². The Bertz CT molecular complexity index is 816. The molecule has 25 heavy (non-hydrogen) atoms. The Kier molecular flexibility index (Phi) is 4.29. The highest BCUT2D eigenvalue weighted by Crippen LogP contribution is 2.35. The molecule has 3 saturated heterocycles. The summed E-state index contributed by atoms with van der Waals surface area (Å²) in [4.78, 5) is 11.2. The number of aliphatic hydroxyl groups is 1. The van der Waals surface area contributed by atoms with Crippen LogP contribution in [0.2, 0.25) is 0 Å². The number of hydrogen-bond donors (Lipinski definition) is 1. The molecule has 2 aromatic rings. The first-order chi connectivity index (χ1) is 12.1. The first-order valence-corrected chi connectivity index (χ1v) is 8.96. The van der Waals surface area contributed by atoms with Gasteiger partial charge >= 0.3 is 0 Å². The number of nitrogens with zero attached hydrogens (tertiary/aromatic N) is 3. The van der Waals surface area contributed by atoms with Gasteiger partial charge < -0.3 is 5.11 Å². The number of fused-ring (bicyclic) bond motifs is 3. The summed E-state index contributed by atoms with van der Waals surface area (Å²) in [5.74, 6) is 6.74. The second-order valence-electron chi connectivity index (χ2n) is 7.21. The summed E-state index contributed by atoms with van der Waals surface area (Å²) in [7, 11) is 0. The Balaban J connectivity index is 1.63. The molecule has 2 bridgehead atoms. The maximum atomic E-state index is 11.0. The van der Waals surface area contributed by atoms with Gasteiger partial charge in [-0.05, 0) is 56.6 Å². The summed E-state index contributed by atoms with van der Waals surface area (Å²) in [6, 6.07) is 7.99. The van der Waals surface area contributed by atoms with Gasteiger partial charge in [0, 0.05) is 42.5 Å². The molecule has 3 aliphatic heterocycles. The minimum Gasteiger partial charge on any atom is -0.376 e. The van der Waals surface area contributed by atoms with Crippen LogP contribution in [0, 0.1) is 24.7 Å². The molecule has 0 saturated carbocycles. The van der Waals surface area contributed by atoms with E-state index in [0.29, 0.717) is 18.9 Å². The summed E-state index contributed by atoms with van der Waals surface area (Å²) in [6.45, 7) is 4.84. The first kappa shape index (κ1) is 16.3. The van der Waals surface area contributed by atoms with E-state index in [2.05, 4.69) is 32.8 Å². The van der Waals surface area contributed by atoms with Crippen molar-refractivity contribution in [1.29, 1.82) is 0 Å². The van der Waals surface area contributed by atoms with Crippen LogP contribution < -0.4 is 0 Å². The molecule has 4 nitrogen and oxygen atoms in total. The van der Waals surface area contributed by atoms with Gasteiger partial charge in [0.2, 0.25) is 0 Å². The zero-order chi connectivity index (χ0) is 17.3. The minimum absolute atomic E-state index is 0.296. The van der Waals surface area contributed by atoms with Gasteiger partial charge in [0.1, 0.15) is 5.60 Å². The van der Waals surface area contributed by atoms with E-state index in [4.69, 9.17) is 0 Å². The number of rotatable bonds is 2. The van der Waals surface area contributed by atoms with Crippen molar-refractivity contribution < 1.29 is 5.11 Å². The van der Waals surface area contributed by atoms with Crippen molar-refractivity contribution in [1.82, 2.24) is 14.9 Å². The summed E-state index contributed by atoms with van der Waals surface area (Å²) in [5.41, 5.74) is 3.06. The third-order valence-electron chi connectivity index (χ3n) is 5.35. The van der Waals surface area contributed by atoms with Gasteiger partial charge in [0.25, 0.3) is 0 Å². The molecule has 4 heteroatoms. The van der Waals surface area contributed by atoms with Gasteiger partial charge in [0.05, 0.1) is 5.69 Å². The van der Waals surface area contributed by atoms with Crippen LogP contribution in [0.25, 0.3) is 0 Å². The highest BCUT2D eigenvalue weighted by atomic mass is 16.3. The van der Waals surface area contributed by atoms with E-state index in [1.54, 1.807) is 6.20 Å². The molecule has 2 aromatic heterocycles.